The lowest BCUT2D eigenvalue weighted by atomic mass is 10.1. The van der Waals surface area contributed by atoms with Crippen molar-refractivity contribution in [2.45, 2.75) is 13.8 Å². The van der Waals surface area contributed by atoms with Crippen molar-refractivity contribution in [2.75, 3.05) is 22.4 Å². The molecule has 0 aliphatic heterocycles. The molecule has 0 unspecified atom stereocenters. The van der Waals surface area contributed by atoms with Gasteiger partial charge >= 0.3 is 0 Å². The second kappa shape index (κ2) is 7.36. The van der Waals surface area contributed by atoms with Crippen LogP contribution in [0.3, 0.4) is 0 Å². The zero-order chi connectivity index (χ0) is 19.6. The van der Waals surface area contributed by atoms with E-state index in [-0.39, 0.29) is 5.69 Å². The molecular formula is C17H17F3N2O3S. The molecule has 2 rings (SSSR count). The first-order chi connectivity index (χ1) is 12.0. The number of anilines is 2. The standard InChI is InChI=1S/C17H17F3N2O3S/c1-10-6-11(2)8-12(7-10)22(26(3,24)25)9-15(23)21-14-5-4-13(18)16(19)17(14)20/h4-8H,9H2,1-3H3,(H,21,23). The molecule has 0 atom stereocenters. The van der Waals surface area contributed by atoms with Crippen LogP contribution in [-0.2, 0) is 14.8 Å². The fourth-order valence-corrected chi connectivity index (χ4v) is 3.28. The van der Waals surface area contributed by atoms with Gasteiger partial charge < -0.3 is 5.32 Å². The van der Waals surface area contributed by atoms with Gasteiger partial charge in [-0.1, -0.05) is 6.07 Å². The highest BCUT2D eigenvalue weighted by molar-refractivity contribution is 7.92. The van der Waals surface area contributed by atoms with E-state index < -0.39 is 45.6 Å². The third kappa shape index (κ3) is 4.54. The van der Waals surface area contributed by atoms with E-state index in [4.69, 9.17) is 0 Å². The van der Waals surface area contributed by atoms with E-state index in [2.05, 4.69) is 5.32 Å². The van der Waals surface area contributed by atoms with E-state index in [1.807, 2.05) is 6.07 Å². The van der Waals surface area contributed by atoms with Gasteiger partial charge in [-0.15, -0.1) is 0 Å². The van der Waals surface area contributed by atoms with Gasteiger partial charge in [0.1, 0.15) is 6.54 Å². The minimum Gasteiger partial charge on any atom is -0.322 e. The molecule has 140 valence electrons. The van der Waals surface area contributed by atoms with Gasteiger partial charge in [-0.3, -0.25) is 9.10 Å². The van der Waals surface area contributed by atoms with Crippen molar-refractivity contribution >= 4 is 27.3 Å². The highest BCUT2D eigenvalue weighted by atomic mass is 32.2. The van der Waals surface area contributed by atoms with Crippen LogP contribution in [0.5, 0.6) is 0 Å². The number of nitrogens with zero attached hydrogens (tertiary/aromatic N) is 1. The first-order valence-electron chi connectivity index (χ1n) is 7.48. The predicted molar refractivity (Wildman–Crippen MR) is 93.1 cm³/mol. The molecule has 0 radical (unpaired) electrons. The van der Waals surface area contributed by atoms with Gasteiger partial charge in [0.15, 0.2) is 17.5 Å². The fraction of sp³-hybridized carbons (Fsp3) is 0.235. The van der Waals surface area contributed by atoms with E-state index in [0.29, 0.717) is 6.07 Å². The summed E-state index contributed by atoms with van der Waals surface area (Å²) in [5, 5.41) is 2.05. The van der Waals surface area contributed by atoms with Gasteiger partial charge in [-0.05, 0) is 49.2 Å². The Hall–Kier alpha value is -2.55. The summed E-state index contributed by atoms with van der Waals surface area (Å²) in [6.07, 6.45) is 0.927. The molecule has 2 aromatic carbocycles. The van der Waals surface area contributed by atoms with Crippen LogP contribution in [0.1, 0.15) is 11.1 Å². The Morgan fingerprint density at radius 1 is 1.04 bits per heavy atom. The number of hydrogen-bond acceptors (Lipinski definition) is 3. The highest BCUT2D eigenvalue weighted by Crippen LogP contribution is 2.23. The van der Waals surface area contributed by atoms with Crippen LogP contribution in [0.25, 0.3) is 0 Å². The molecule has 0 heterocycles. The maximum absolute atomic E-state index is 13.7. The van der Waals surface area contributed by atoms with Crippen molar-refractivity contribution in [3.8, 4) is 0 Å². The quantitative estimate of drug-likeness (QED) is 0.803. The Bertz CT molecular complexity index is 942. The van der Waals surface area contributed by atoms with Crippen LogP contribution < -0.4 is 9.62 Å². The molecule has 26 heavy (non-hydrogen) atoms. The summed E-state index contributed by atoms with van der Waals surface area (Å²) in [6.45, 7) is 2.89. The average molecular weight is 386 g/mol. The van der Waals surface area contributed by atoms with E-state index in [9.17, 15) is 26.4 Å². The minimum absolute atomic E-state index is 0.269. The molecule has 0 aliphatic rings. The second-order valence-electron chi connectivity index (χ2n) is 5.89. The Labute approximate surface area is 149 Å². The molecule has 1 amide bonds. The molecule has 0 fully saturated rings. The molecule has 2 aromatic rings. The van der Waals surface area contributed by atoms with E-state index in [1.165, 1.54) is 0 Å². The number of amides is 1. The maximum atomic E-state index is 13.7. The number of aryl methyl sites for hydroxylation is 2. The molecule has 5 nitrogen and oxygen atoms in total. The largest absolute Gasteiger partial charge is 0.322 e. The highest BCUT2D eigenvalue weighted by Gasteiger charge is 2.23. The van der Waals surface area contributed by atoms with E-state index in [1.54, 1.807) is 26.0 Å². The summed E-state index contributed by atoms with van der Waals surface area (Å²) in [7, 11) is -3.82. The summed E-state index contributed by atoms with van der Waals surface area (Å²) < 4.78 is 64.8. The number of nitrogens with one attached hydrogen (secondary N) is 1. The summed E-state index contributed by atoms with van der Waals surface area (Å²) in [5.74, 6) is -5.58. The molecule has 0 bridgehead atoms. The second-order valence-corrected chi connectivity index (χ2v) is 7.79. The van der Waals surface area contributed by atoms with Crippen molar-refractivity contribution in [3.05, 3.63) is 58.9 Å². The normalized spacial score (nSPS) is 11.3. The molecular weight excluding hydrogens is 369 g/mol. The third-order valence-electron chi connectivity index (χ3n) is 3.49. The van der Waals surface area contributed by atoms with E-state index in [0.717, 1.165) is 27.8 Å². The zero-order valence-electron chi connectivity index (χ0n) is 14.3. The summed E-state index contributed by atoms with van der Waals surface area (Å²) in [5.41, 5.74) is 1.27. The molecule has 0 spiro atoms. The van der Waals surface area contributed by atoms with Gasteiger partial charge in [-0.2, -0.15) is 0 Å². The summed E-state index contributed by atoms with van der Waals surface area (Å²) in [6, 6.07) is 6.51. The Balaban J connectivity index is 2.29. The number of sulfonamides is 1. The minimum atomic E-state index is -3.82. The van der Waals surface area contributed by atoms with Gasteiger partial charge in [0.2, 0.25) is 15.9 Å². The number of carbonyl (C=O) groups is 1. The number of rotatable bonds is 5. The van der Waals surface area contributed by atoms with Crippen LogP contribution in [-0.4, -0.2) is 27.1 Å². The van der Waals surface area contributed by atoms with Gasteiger partial charge in [-0.25, -0.2) is 21.6 Å². The van der Waals surface area contributed by atoms with Crippen LogP contribution >= 0.6 is 0 Å². The van der Waals surface area contributed by atoms with Crippen molar-refractivity contribution in [3.63, 3.8) is 0 Å². The van der Waals surface area contributed by atoms with Gasteiger partial charge in [0, 0.05) is 0 Å². The molecule has 0 aromatic heterocycles. The lowest BCUT2D eigenvalue weighted by molar-refractivity contribution is -0.114. The van der Waals surface area contributed by atoms with Crippen molar-refractivity contribution < 1.29 is 26.4 Å². The zero-order valence-corrected chi connectivity index (χ0v) is 15.1. The molecule has 9 heteroatoms. The Kier molecular flexibility index (Phi) is 5.60. The smallest absolute Gasteiger partial charge is 0.245 e. The lowest BCUT2D eigenvalue weighted by Crippen LogP contribution is -2.37. The SMILES string of the molecule is Cc1cc(C)cc(N(CC(=O)Nc2ccc(F)c(F)c2F)S(C)(=O)=O)c1. The van der Waals surface area contributed by atoms with E-state index >= 15 is 0 Å². The third-order valence-corrected chi connectivity index (χ3v) is 4.63. The number of benzene rings is 2. The summed E-state index contributed by atoms with van der Waals surface area (Å²) in [4.78, 5) is 12.2. The Morgan fingerprint density at radius 3 is 2.15 bits per heavy atom. The van der Waals surface area contributed by atoms with Crippen molar-refractivity contribution in [1.29, 1.82) is 0 Å². The van der Waals surface area contributed by atoms with Gasteiger partial charge in [0.05, 0.1) is 17.6 Å². The van der Waals surface area contributed by atoms with Crippen LogP contribution in [0.2, 0.25) is 0 Å². The summed E-state index contributed by atoms with van der Waals surface area (Å²) >= 11 is 0. The monoisotopic (exact) mass is 386 g/mol. The number of halogens is 3. The lowest BCUT2D eigenvalue weighted by Gasteiger charge is -2.23. The Morgan fingerprint density at radius 2 is 1.62 bits per heavy atom. The molecule has 1 N–H and O–H groups in total. The van der Waals surface area contributed by atoms with Crippen molar-refractivity contribution in [1.82, 2.24) is 0 Å². The molecule has 0 saturated heterocycles. The average Bonchev–Trinajstić information content (AvgIpc) is 2.51. The van der Waals surface area contributed by atoms with Crippen LogP contribution in [0.4, 0.5) is 24.5 Å². The predicted octanol–water partition coefficient (Wildman–Crippen LogP) is 3.13. The van der Waals surface area contributed by atoms with Gasteiger partial charge in [0.25, 0.3) is 0 Å². The number of carbonyl (C=O) groups excluding carboxylic acids is 1. The first-order valence-corrected chi connectivity index (χ1v) is 9.33. The van der Waals surface area contributed by atoms with Crippen LogP contribution in [0.15, 0.2) is 30.3 Å². The first kappa shape index (κ1) is 19.8. The topological polar surface area (TPSA) is 66.5 Å². The number of hydrogen-bond donors (Lipinski definition) is 1. The fourth-order valence-electron chi connectivity index (χ4n) is 2.44. The molecule has 0 aliphatic carbocycles. The van der Waals surface area contributed by atoms with Crippen molar-refractivity contribution in [2.24, 2.45) is 0 Å². The maximum Gasteiger partial charge on any atom is 0.245 e. The van der Waals surface area contributed by atoms with Crippen LogP contribution in [0, 0.1) is 31.3 Å². The molecule has 0 saturated carbocycles.